The highest BCUT2D eigenvalue weighted by Gasteiger charge is 2.17. The van der Waals surface area contributed by atoms with E-state index in [0.29, 0.717) is 0 Å². The smallest absolute Gasteiger partial charge is 0.0995 e. The molecule has 4 heteroatoms. The highest BCUT2D eigenvalue weighted by Crippen LogP contribution is 2.34. The Bertz CT molecular complexity index is 1320. The average molecular weight is 310 g/mol. The molecule has 0 amide bonds. The number of nitrogens with zero attached hydrogens (tertiary/aromatic N) is 2. The lowest BCUT2D eigenvalue weighted by Gasteiger charge is -2.03. The fourth-order valence-electron chi connectivity index (χ4n) is 3.79. The van der Waals surface area contributed by atoms with Crippen LogP contribution in [0.15, 0.2) is 70.9 Å². The molecule has 1 aromatic carbocycles. The number of benzene rings is 2. The van der Waals surface area contributed by atoms with E-state index in [1.165, 1.54) is 10.8 Å². The molecule has 0 aromatic heterocycles. The van der Waals surface area contributed by atoms with Gasteiger partial charge >= 0.3 is 0 Å². The van der Waals surface area contributed by atoms with Gasteiger partial charge in [-0.2, -0.15) is 10.2 Å². The molecule has 0 radical (unpaired) electrons. The molecule has 0 spiro atoms. The molecule has 0 aliphatic heterocycles. The van der Waals surface area contributed by atoms with Gasteiger partial charge in [-0.25, -0.2) is 0 Å². The molecule has 0 unspecified atom stereocenters. The van der Waals surface area contributed by atoms with Crippen LogP contribution in [0.25, 0.3) is 33.0 Å². The third-order valence-electron chi connectivity index (χ3n) is 4.80. The van der Waals surface area contributed by atoms with E-state index in [4.69, 9.17) is 11.7 Å². The summed E-state index contributed by atoms with van der Waals surface area (Å²) in [4.78, 5) is 0. The van der Waals surface area contributed by atoms with E-state index in [-0.39, 0.29) is 0 Å². The standard InChI is InChI=1S/C20H14N4/c21-23-15-6-5-12-8-14-9-13-7-11-3-1-2-4-16(11)18(13)20(24-22)19(14)17(12)10-15/h1-10H,21-22H2. The first-order valence-corrected chi connectivity index (χ1v) is 7.76. The number of fused-ring (bicyclic) bond motifs is 5. The Labute approximate surface area is 137 Å². The van der Waals surface area contributed by atoms with Crippen LogP contribution in [0, 0.1) is 10.4 Å². The summed E-state index contributed by atoms with van der Waals surface area (Å²) in [6.45, 7) is 0. The first-order chi connectivity index (χ1) is 11.8. The minimum absolute atomic E-state index is 0.741. The molecular formula is C20H14N4. The van der Waals surface area contributed by atoms with Gasteiger partial charge < -0.3 is 11.7 Å². The molecule has 114 valence electrons. The zero-order chi connectivity index (χ0) is 16.3. The summed E-state index contributed by atoms with van der Waals surface area (Å²) in [5.74, 6) is 11.3. The molecule has 0 fully saturated rings. The predicted octanol–water partition coefficient (Wildman–Crippen LogP) is 2.20. The van der Waals surface area contributed by atoms with Crippen LogP contribution >= 0.6 is 0 Å². The molecule has 0 bridgehead atoms. The summed E-state index contributed by atoms with van der Waals surface area (Å²) in [5.41, 5.74) is 4.47. The van der Waals surface area contributed by atoms with Gasteiger partial charge in [0, 0.05) is 10.8 Å². The summed E-state index contributed by atoms with van der Waals surface area (Å²) in [6, 6.07) is 20.8. The maximum atomic E-state index is 5.83. The van der Waals surface area contributed by atoms with Gasteiger partial charge in [-0.05, 0) is 63.0 Å². The summed E-state index contributed by atoms with van der Waals surface area (Å²) >= 11 is 0. The first-order valence-electron chi connectivity index (χ1n) is 7.76. The minimum Gasteiger partial charge on any atom is -0.323 e. The van der Waals surface area contributed by atoms with E-state index in [1.807, 2.05) is 30.3 Å². The van der Waals surface area contributed by atoms with Crippen molar-refractivity contribution in [1.29, 1.82) is 0 Å². The maximum Gasteiger partial charge on any atom is 0.0995 e. The summed E-state index contributed by atoms with van der Waals surface area (Å²) in [6.07, 6.45) is 0. The van der Waals surface area contributed by atoms with Crippen molar-refractivity contribution >= 4 is 10.8 Å². The van der Waals surface area contributed by atoms with E-state index < -0.39 is 0 Å². The third kappa shape index (κ3) is 1.57. The number of nitrogens with two attached hydrogens (primary N) is 2. The topological polar surface area (TPSA) is 76.8 Å². The van der Waals surface area contributed by atoms with Crippen molar-refractivity contribution in [3.05, 3.63) is 81.8 Å². The van der Waals surface area contributed by atoms with Crippen LogP contribution in [0.2, 0.25) is 0 Å². The quantitative estimate of drug-likeness (QED) is 0.340. The maximum absolute atomic E-state index is 5.83. The van der Waals surface area contributed by atoms with Crippen LogP contribution < -0.4 is 22.4 Å². The minimum atomic E-state index is 0.741. The highest BCUT2D eigenvalue weighted by molar-refractivity contribution is 6.02. The fourth-order valence-corrected chi connectivity index (χ4v) is 3.79. The van der Waals surface area contributed by atoms with Gasteiger partial charge in [0.15, 0.2) is 0 Å². The van der Waals surface area contributed by atoms with Crippen LogP contribution in [0.3, 0.4) is 0 Å². The van der Waals surface area contributed by atoms with E-state index in [1.54, 1.807) is 0 Å². The number of hydrogen-bond donors (Lipinski definition) is 2. The SMILES string of the molecule is NN=c1ccc2cc3cc4cc5ccccc5c-4c(=NN)c=3c-2c1. The van der Waals surface area contributed by atoms with Crippen molar-refractivity contribution in [2.24, 2.45) is 21.9 Å². The van der Waals surface area contributed by atoms with Crippen molar-refractivity contribution in [3.8, 4) is 22.3 Å². The van der Waals surface area contributed by atoms with E-state index in [0.717, 1.165) is 43.4 Å². The van der Waals surface area contributed by atoms with Crippen molar-refractivity contribution in [2.75, 3.05) is 0 Å². The fraction of sp³-hybridized carbons (Fsp3) is 0. The molecule has 0 heterocycles. The summed E-state index contributed by atoms with van der Waals surface area (Å²) < 4.78 is 0. The molecule has 4 aliphatic rings. The molecule has 4 N–H and O–H groups in total. The average Bonchev–Trinajstić information content (AvgIpc) is 3.16. The van der Waals surface area contributed by atoms with E-state index in [9.17, 15) is 0 Å². The van der Waals surface area contributed by atoms with Crippen molar-refractivity contribution in [1.82, 2.24) is 0 Å². The van der Waals surface area contributed by atoms with Crippen molar-refractivity contribution in [3.63, 3.8) is 0 Å². The lowest BCUT2D eigenvalue weighted by molar-refractivity contribution is 1.12. The Kier molecular flexibility index (Phi) is 2.48. The van der Waals surface area contributed by atoms with Gasteiger partial charge in [0.05, 0.1) is 10.7 Å². The van der Waals surface area contributed by atoms with E-state index in [2.05, 4.69) is 40.5 Å². The largest absolute Gasteiger partial charge is 0.323 e. The predicted molar refractivity (Wildman–Crippen MR) is 94.4 cm³/mol. The van der Waals surface area contributed by atoms with Crippen molar-refractivity contribution in [2.45, 2.75) is 0 Å². The van der Waals surface area contributed by atoms with Gasteiger partial charge in [0.25, 0.3) is 0 Å². The van der Waals surface area contributed by atoms with Crippen LogP contribution in [0.1, 0.15) is 0 Å². The molecule has 1 aromatic rings. The van der Waals surface area contributed by atoms with Crippen LogP contribution in [0.5, 0.6) is 0 Å². The molecule has 24 heavy (non-hydrogen) atoms. The normalized spacial score (nSPS) is 13.8. The van der Waals surface area contributed by atoms with Crippen LogP contribution in [0.4, 0.5) is 0 Å². The second-order valence-corrected chi connectivity index (χ2v) is 6.06. The highest BCUT2D eigenvalue weighted by atomic mass is 15.1. The zero-order valence-electron chi connectivity index (χ0n) is 12.8. The third-order valence-corrected chi connectivity index (χ3v) is 4.80. The monoisotopic (exact) mass is 310 g/mol. The zero-order valence-corrected chi connectivity index (χ0v) is 12.8. The number of rotatable bonds is 0. The van der Waals surface area contributed by atoms with Gasteiger partial charge in [-0.1, -0.05) is 30.3 Å². The van der Waals surface area contributed by atoms with Crippen LogP contribution in [-0.2, 0) is 0 Å². The molecule has 0 atom stereocenters. The van der Waals surface area contributed by atoms with Gasteiger partial charge in [-0.15, -0.1) is 0 Å². The van der Waals surface area contributed by atoms with Crippen LogP contribution in [-0.4, -0.2) is 0 Å². The second kappa shape index (κ2) is 4.55. The molecule has 4 aliphatic carbocycles. The Morgan fingerprint density at radius 3 is 2.42 bits per heavy atom. The molecule has 4 nitrogen and oxygen atoms in total. The van der Waals surface area contributed by atoms with Crippen molar-refractivity contribution < 1.29 is 0 Å². The molecule has 5 rings (SSSR count). The molecule has 0 saturated heterocycles. The van der Waals surface area contributed by atoms with Gasteiger partial charge in [0.1, 0.15) is 0 Å². The Morgan fingerprint density at radius 1 is 0.750 bits per heavy atom. The summed E-state index contributed by atoms with van der Waals surface area (Å²) in [5, 5.41) is 14.1. The van der Waals surface area contributed by atoms with E-state index >= 15 is 0 Å². The lowest BCUT2D eigenvalue weighted by Crippen LogP contribution is -2.13. The summed E-state index contributed by atoms with van der Waals surface area (Å²) in [7, 11) is 0. The second-order valence-electron chi connectivity index (χ2n) is 6.06. The Hall–Kier alpha value is -3.40. The molecule has 0 saturated carbocycles. The Morgan fingerprint density at radius 2 is 1.58 bits per heavy atom. The van der Waals surface area contributed by atoms with Gasteiger partial charge in [0.2, 0.25) is 0 Å². The lowest BCUT2D eigenvalue weighted by atomic mass is 10.0. The number of hydrogen-bond acceptors (Lipinski definition) is 4. The first kappa shape index (κ1) is 13.1. The van der Waals surface area contributed by atoms with Gasteiger partial charge in [-0.3, -0.25) is 0 Å². The molecular weight excluding hydrogens is 296 g/mol. The Balaban J connectivity index is 2.12.